The molecule has 4 heteroatoms. The quantitative estimate of drug-likeness (QED) is 0.647. The summed E-state index contributed by atoms with van der Waals surface area (Å²) in [6, 6.07) is 10.5. The van der Waals surface area contributed by atoms with Gasteiger partial charge in [0.2, 0.25) is 0 Å². The molecule has 0 bridgehead atoms. The molecule has 2 rings (SSSR count). The van der Waals surface area contributed by atoms with Gasteiger partial charge in [0.1, 0.15) is 0 Å². The van der Waals surface area contributed by atoms with E-state index in [0.29, 0.717) is 25.7 Å². The number of nitrogens with one attached hydrogen (secondary N) is 1. The summed E-state index contributed by atoms with van der Waals surface area (Å²) in [6.07, 6.45) is 0.677. The van der Waals surface area contributed by atoms with Crippen molar-refractivity contribution in [3.8, 4) is 11.1 Å². The fraction of sp³-hybridized carbons (Fsp3) is 0.474. The van der Waals surface area contributed by atoms with Crippen molar-refractivity contribution >= 4 is 11.3 Å². The van der Waals surface area contributed by atoms with Crippen molar-refractivity contribution in [2.75, 3.05) is 19.7 Å². The molecule has 1 atom stereocenters. The zero-order valence-corrected chi connectivity index (χ0v) is 14.8. The number of rotatable bonds is 10. The van der Waals surface area contributed by atoms with Crippen molar-refractivity contribution < 1.29 is 9.84 Å². The van der Waals surface area contributed by atoms with Crippen LogP contribution < -0.4 is 5.32 Å². The molecular formula is C19H27NO2S. The summed E-state index contributed by atoms with van der Waals surface area (Å²) in [7, 11) is 0. The highest BCUT2D eigenvalue weighted by atomic mass is 32.1. The Hall–Kier alpha value is -1.20. The van der Waals surface area contributed by atoms with Gasteiger partial charge in [-0.05, 0) is 52.4 Å². The van der Waals surface area contributed by atoms with E-state index in [1.165, 1.54) is 11.1 Å². The maximum absolute atomic E-state index is 9.88. The highest BCUT2D eigenvalue weighted by Gasteiger charge is 2.05. The number of benzene rings is 1. The summed E-state index contributed by atoms with van der Waals surface area (Å²) >= 11 is 1.71. The summed E-state index contributed by atoms with van der Waals surface area (Å²) in [6.45, 7) is 6.83. The zero-order chi connectivity index (χ0) is 16.5. The molecule has 2 N–H and O–H groups in total. The van der Waals surface area contributed by atoms with Crippen LogP contribution in [0.1, 0.15) is 25.8 Å². The molecule has 0 aliphatic carbocycles. The fourth-order valence-corrected chi connectivity index (χ4v) is 2.92. The first-order valence-corrected chi connectivity index (χ1v) is 9.17. The summed E-state index contributed by atoms with van der Waals surface area (Å²) in [4.78, 5) is 0. The van der Waals surface area contributed by atoms with Gasteiger partial charge in [-0.15, -0.1) is 0 Å². The van der Waals surface area contributed by atoms with Gasteiger partial charge in [0.15, 0.2) is 0 Å². The van der Waals surface area contributed by atoms with E-state index >= 15 is 0 Å². The Morgan fingerprint density at radius 1 is 1.13 bits per heavy atom. The number of aliphatic hydroxyl groups excluding tert-OH is 1. The van der Waals surface area contributed by atoms with Gasteiger partial charge in [0.05, 0.1) is 19.3 Å². The van der Waals surface area contributed by atoms with Gasteiger partial charge in [0.25, 0.3) is 0 Å². The monoisotopic (exact) mass is 333 g/mol. The van der Waals surface area contributed by atoms with Gasteiger partial charge in [-0.1, -0.05) is 38.1 Å². The van der Waals surface area contributed by atoms with E-state index in [9.17, 15) is 5.11 Å². The van der Waals surface area contributed by atoms with Crippen molar-refractivity contribution in [2.45, 2.75) is 33.0 Å². The Labute approximate surface area is 143 Å². The SMILES string of the molecule is CC(C)CCNCC(O)COCc1ccc(-c2ccsc2)cc1. The van der Waals surface area contributed by atoms with Gasteiger partial charge >= 0.3 is 0 Å². The van der Waals surface area contributed by atoms with Gasteiger partial charge in [0, 0.05) is 6.54 Å². The molecule has 2 aromatic rings. The molecule has 0 amide bonds. The predicted octanol–water partition coefficient (Wildman–Crippen LogP) is 3.93. The van der Waals surface area contributed by atoms with Gasteiger partial charge < -0.3 is 15.2 Å². The highest BCUT2D eigenvalue weighted by Crippen LogP contribution is 2.22. The fourth-order valence-electron chi connectivity index (χ4n) is 2.25. The van der Waals surface area contributed by atoms with Crippen LogP contribution in [0.25, 0.3) is 11.1 Å². The third-order valence-corrected chi connectivity index (χ3v) is 4.35. The molecule has 1 unspecified atom stereocenters. The molecule has 1 aromatic heterocycles. The normalized spacial score (nSPS) is 12.7. The third kappa shape index (κ3) is 6.83. The van der Waals surface area contributed by atoms with Crippen LogP contribution in [0.3, 0.4) is 0 Å². The molecule has 0 spiro atoms. The summed E-state index contributed by atoms with van der Waals surface area (Å²) in [5.74, 6) is 0.688. The van der Waals surface area contributed by atoms with E-state index in [4.69, 9.17) is 4.74 Å². The minimum absolute atomic E-state index is 0.362. The maximum atomic E-state index is 9.88. The largest absolute Gasteiger partial charge is 0.389 e. The Morgan fingerprint density at radius 3 is 2.57 bits per heavy atom. The molecular weight excluding hydrogens is 306 g/mol. The van der Waals surface area contributed by atoms with Crippen molar-refractivity contribution in [2.24, 2.45) is 5.92 Å². The molecule has 1 aromatic carbocycles. The Kier molecular flexibility index (Phi) is 7.76. The van der Waals surface area contributed by atoms with Crippen molar-refractivity contribution in [3.63, 3.8) is 0 Å². The van der Waals surface area contributed by atoms with Crippen LogP contribution in [-0.4, -0.2) is 30.9 Å². The summed E-state index contributed by atoms with van der Waals surface area (Å²) in [5.41, 5.74) is 3.61. The lowest BCUT2D eigenvalue weighted by Gasteiger charge is -2.13. The average Bonchev–Trinajstić information content (AvgIpc) is 3.06. The van der Waals surface area contributed by atoms with Crippen LogP contribution in [0.15, 0.2) is 41.1 Å². The molecule has 0 radical (unpaired) electrons. The van der Waals surface area contributed by atoms with Crippen LogP contribution in [0.4, 0.5) is 0 Å². The van der Waals surface area contributed by atoms with Gasteiger partial charge in [-0.2, -0.15) is 11.3 Å². The first kappa shape index (κ1) is 18.1. The average molecular weight is 333 g/mol. The smallest absolute Gasteiger partial charge is 0.0897 e. The lowest BCUT2D eigenvalue weighted by atomic mass is 10.1. The number of ether oxygens (including phenoxy) is 1. The Balaban J connectivity index is 1.64. The maximum Gasteiger partial charge on any atom is 0.0897 e. The third-order valence-electron chi connectivity index (χ3n) is 3.67. The number of hydrogen-bond acceptors (Lipinski definition) is 4. The van der Waals surface area contributed by atoms with Crippen molar-refractivity contribution in [3.05, 3.63) is 46.7 Å². The van der Waals surface area contributed by atoms with Crippen molar-refractivity contribution in [1.29, 1.82) is 0 Å². The minimum Gasteiger partial charge on any atom is -0.389 e. The molecule has 23 heavy (non-hydrogen) atoms. The molecule has 0 saturated carbocycles. The van der Waals surface area contributed by atoms with Gasteiger partial charge in [-0.25, -0.2) is 0 Å². The van der Waals surface area contributed by atoms with Crippen LogP contribution in [0.2, 0.25) is 0 Å². The Morgan fingerprint density at radius 2 is 1.91 bits per heavy atom. The van der Waals surface area contributed by atoms with E-state index in [1.807, 2.05) is 0 Å². The lowest BCUT2D eigenvalue weighted by molar-refractivity contribution is 0.0288. The second kappa shape index (κ2) is 9.83. The first-order valence-electron chi connectivity index (χ1n) is 8.23. The molecule has 126 valence electrons. The second-order valence-corrected chi connectivity index (χ2v) is 7.04. The molecule has 1 heterocycles. The summed E-state index contributed by atoms with van der Waals surface area (Å²) in [5, 5.41) is 17.4. The van der Waals surface area contributed by atoms with Crippen LogP contribution in [0.5, 0.6) is 0 Å². The number of hydrogen-bond donors (Lipinski definition) is 2. The Bertz CT molecular complexity index is 537. The van der Waals surface area contributed by atoms with E-state index in [-0.39, 0.29) is 0 Å². The van der Waals surface area contributed by atoms with E-state index in [0.717, 1.165) is 18.5 Å². The second-order valence-electron chi connectivity index (χ2n) is 6.26. The van der Waals surface area contributed by atoms with Crippen molar-refractivity contribution in [1.82, 2.24) is 5.32 Å². The topological polar surface area (TPSA) is 41.5 Å². The van der Waals surface area contributed by atoms with E-state index < -0.39 is 6.10 Å². The molecule has 0 saturated heterocycles. The predicted molar refractivity (Wildman–Crippen MR) is 97.7 cm³/mol. The van der Waals surface area contributed by atoms with E-state index in [1.54, 1.807) is 11.3 Å². The summed E-state index contributed by atoms with van der Waals surface area (Å²) < 4.78 is 5.60. The lowest BCUT2D eigenvalue weighted by Crippen LogP contribution is -2.31. The molecule has 0 aliphatic rings. The standard InChI is InChI=1S/C19H27NO2S/c1-15(2)7-9-20-11-19(21)13-22-12-16-3-5-17(6-4-16)18-8-10-23-14-18/h3-6,8,10,14-15,19-21H,7,9,11-13H2,1-2H3. The minimum atomic E-state index is -0.452. The zero-order valence-electron chi connectivity index (χ0n) is 14.0. The molecule has 0 fully saturated rings. The number of thiophene rings is 1. The molecule has 0 aliphatic heterocycles. The molecule has 3 nitrogen and oxygen atoms in total. The highest BCUT2D eigenvalue weighted by molar-refractivity contribution is 7.08. The van der Waals surface area contributed by atoms with E-state index in [2.05, 4.69) is 60.3 Å². The number of aliphatic hydroxyl groups is 1. The van der Waals surface area contributed by atoms with Crippen LogP contribution in [0, 0.1) is 5.92 Å². The van der Waals surface area contributed by atoms with Gasteiger partial charge in [-0.3, -0.25) is 0 Å². The van der Waals surface area contributed by atoms with Crippen LogP contribution >= 0.6 is 11.3 Å². The van der Waals surface area contributed by atoms with Crippen LogP contribution in [-0.2, 0) is 11.3 Å². The first-order chi connectivity index (χ1) is 11.1.